The van der Waals surface area contributed by atoms with Gasteiger partial charge in [0.1, 0.15) is 12.3 Å². The Labute approximate surface area is 103 Å². The Bertz CT molecular complexity index is 489. The van der Waals surface area contributed by atoms with Gasteiger partial charge in [-0.2, -0.15) is 10.1 Å². The van der Waals surface area contributed by atoms with Crippen molar-refractivity contribution in [3.8, 4) is 0 Å². The van der Waals surface area contributed by atoms with Crippen molar-refractivity contribution in [1.82, 2.24) is 9.78 Å². The number of thiocarbonyl (C=S) groups is 1. The van der Waals surface area contributed by atoms with Crippen molar-refractivity contribution in [2.24, 2.45) is 4.99 Å². The van der Waals surface area contributed by atoms with Gasteiger partial charge in [0, 0.05) is 6.92 Å². The van der Waals surface area contributed by atoms with E-state index in [1.165, 1.54) is 11.6 Å². The minimum Gasteiger partial charge on any atom is -0.464 e. The number of hydrogen-bond donors (Lipinski definition) is 0. The lowest BCUT2D eigenvalue weighted by Crippen LogP contribution is -2.14. The number of aryl methyl sites for hydroxylation is 1. The van der Waals surface area contributed by atoms with E-state index in [0.717, 1.165) is 0 Å². The number of esters is 1. The van der Waals surface area contributed by atoms with Gasteiger partial charge in [0.05, 0.1) is 17.4 Å². The molecule has 0 radical (unpaired) electrons. The molecule has 0 N–H and O–H groups in total. The number of hydrogen-bond acceptors (Lipinski definition) is 5. The van der Waals surface area contributed by atoms with Crippen LogP contribution in [0.3, 0.4) is 0 Å². The molecule has 0 aliphatic heterocycles. The van der Waals surface area contributed by atoms with Crippen molar-refractivity contribution in [2.75, 3.05) is 6.61 Å². The molecule has 0 fully saturated rings. The molecule has 0 aromatic carbocycles. The van der Waals surface area contributed by atoms with Crippen molar-refractivity contribution in [2.45, 2.75) is 20.4 Å². The van der Waals surface area contributed by atoms with Gasteiger partial charge in [-0.05, 0) is 25.2 Å². The second-order valence-corrected chi connectivity index (χ2v) is 3.42. The molecule has 17 heavy (non-hydrogen) atoms. The number of rotatable bonds is 4. The van der Waals surface area contributed by atoms with E-state index >= 15 is 0 Å². The van der Waals surface area contributed by atoms with Crippen molar-refractivity contribution in [3.05, 3.63) is 17.5 Å². The van der Waals surface area contributed by atoms with Gasteiger partial charge in [0.2, 0.25) is 0 Å². The number of nitrogens with zero attached hydrogens (tertiary/aromatic N) is 3. The Morgan fingerprint density at radius 1 is 1.65 bits per heavy atom. The summed E-state index contributed by atoms with van der Waals surface area (Å²) in [5, 5.41) is 6.10. The van der Waals surface area contributed by atoms with Crippen molar-refractivity contribution in [3.63, 3.8) is 0 Å². The number of amides is 1. The minimum atomic E-state index is -0.511. The Morgan fingerprint density at radius 2 is 2.35 bits per heavy atom. The van der Waals surface area contributed by atoms with Gasteiger partial charge in [0.25, 0.3) is 0 Å². The summed E-state index contributed by atoms with van der Waals surface area (Å²) in [6.07, 6.45) is 0. The molecule has 0 bridgehead atoms. The first-order valence-electron chi connectivity index (χ1n) is 4.84. The summed E-state index contributed by atoms with van der Waals surface area (Å²) in [7, 11) is 0. The number of isothiocyanates is 1. The number of carbonyl (C=O) groups excluding carboxylic acids is 2. The first-order chi connectivity index (χ1) is 8.04. The first kappa shape index (κ1) is 13.2. The second-order valence-electron chi connectivity index (χ2n) is 3.24. The molecule has 1 rings (SSSR count). The van der Waals surface area contributed by atoms with Crippen LogP contribution in [0, 0.1) is 6.92 Å². The molecular weight excluding hydrogens is 242 g/mol. The monoisotopic (exact) mass is 253 g/mol. The highest BCUT2D eigenvalue weighted by atomic mass is 32.1. The summed E-state index contributed by atoms with van der Waals surface area (Å²) in [6, 6.07) is 1.59. The molecule has 1 aromatic rings. The van der Waals surface area contributed by atoms with Gasteiger partial charge in [-0.1, -0.05) is 0 Å². The van der Waals surface area contributed by atoms with Gasteiger partial charge in [-0.15, -0.1) is 0 Å². The van der Waals surface area contributed by atoms with E-state index in [1.54, 1.807) is 13.0 Å². The van der Waals surface area contributed by atoms with Crippen molar-refractivity contribution >= 4 is 29.3 Å². The third kappa shape index (κ3) is 3.90. The van der Waals surface area contributed by atoms with E-state index < -0.39 is 5.91 Å². The lowest BCUT2D eigenvalue weighted by atomic mass is 10.3. The molecule has 0 aliphatic rings. The van der Waals surface area contributed by atoms with Crippen LogP contribution in [0.5, 0.6) is 0 Å². The largest absolute Gasteiger partial charge is 0.464 e. The Balaban J connectivity index is 2.80. The molecule has 90 valence electrons. The maximum atomic E-state index is 11.5. The number of aliphatic imine (C=N–C) groups is 1. The fourth-order valence-corrected chi connectivity index (χ4v) is 1.35. The van der Waals surface area contributed by atoms with Gasteiger partial charge >= 0.3 is 11.9 Å². The van der Waals surface area contributed by atoms with E-state index in [-0.39, 0.29) is 12.6 Å². The highest BCUT2D eigenvalue weighted by Gasteiger charge is 2.12. The minimum absolute atomic E-state index is 0.151. The molecule has 1 aromatic heterocycles. The molecule has 1 heterocycles. The second kappa shape index (κ2) is 6.03. The maximum Gasteiger partial charge on any atom is 0.304 e. The summed E-state index contributed by atoms with van der Waals surface area (Å²) in [4.78, 5) is 25.5. The summed E-state index contributed by atoms with van der Waals surface area (Å²) in [5.74, 6) is -0.887. The fraction of sp³-hybridized carbons (Fsp3) is 0.400. The topological polar surface area (TPSA) is 73.6 Å². The van der Waals surface area contributed by atoms with Crippen molar-refractivity contribution < 1.29 is 14.3 Å². The van der Waals surface area contributed by atoms with Gasteiger partial charge < -0.3 is 4.74 Å². The van der Waals surface area contributed by atoms with E-state index in [4.69, 9.17) is 4.74 Å². The first-order valence-corrected chi connectivity index (χ1v) is 5.25. The van der Waals surface area contributed by atoms with Crippen LogP contribution in [-0.4, -0.2) is 33.4 Å². The van der Waals surface area contributed by atoms with Crippen LogP contribution in [0.25, 0.3) is 0 Å². The molecule has 0 saturated carbocycles. The third-order valence-corrected chi connectivity index (χ3v) is 1.97. The van der Waals surface area contributed by atoms with Crippen LogP contribution in [0.15, 0.2) is 11.1 Å². The molecule has 0 spiro atoms. The van der Waals surface area contributed by atoms with Crippen LogP contribution in [0.2, 0.25) is 0 Å². The van der Waals surface area contributed by atoms with Crippen molar-refractivity contribution in [1.29, 1.82) is 0 Å². The lowest BCUT2D eigenvalue weighted by molar-refractivity contribution is -0.141. The molecule has 0 unspecified atom stereocenters. The molecule has 1 amide bonds. The summed E-state index contributed by atoms with van der Waals surface area (Å²) < 4.78 is 6.20. The maximum absolute atomic E-state index is 11.5. The van der Waals surface area contributed by atoms with Crippen LogP contribution >= 0.6 is 12.2 Å². The van der Waals surface area contributed by atoms with Gasteiger partial charge in [-0.3, -0.25) is 14.3 Å². The molecule has 7 heteroatoms. The van der Waals surface area contributed by atoms with E-state index in [0.29, 0.717) is 17.9 Å². The highest BCUT2D eigenvalue weighted by molar-refractivity contribution is 7.78. The molecular formula is C10H11N3O3S. The molecule has 0 aliphatic carbocycles. The van der Waals surface area contributed by atoms with Crippen LogP contribution in [0.1, 0.15) is 23.1 Å². The Hall–Kier alpha value is -1.85. The smallest absolute Gasteiger partial charge is 0.304 e. The Kier molecular flexibility index (Phi) is 4.68. The SMILES string of the molecule is CC(=O)OCCn1nc(C)cc1C(=O)N=C=S. The predicted molar refractivity (Wildman–Crippen MR) is 63.0 cm³/mol. The number of carbonyl (C=O) groups is 2. The summed E-state index contributed by atoms with van der Waals surface area (Å²) in [5.41, 5.74) is 0.975. The summed E-state index contributed by atoms with van der Waals surface area (Å²) >= 11 is 4.36. The average molecular weight is 253 g/mol. The fourth-order valence-electron chi connectivity index (χ4n) is 1.26. The highest BCUT2D eigenvalue weighted by Crippen LogP contribution is 2.05. The quantitative estimate of drug-likeness (QED) is 0.454. The molecule has 0 saturated heterocycles. The van der Waals surface area contributed by atoms with Crippen LogP contribution in [-0.2, 0) is 16.1 Å². The number of ether oxygens (including phenoxy) is 1. The van der Waals surface area contributed by atoms with Gasteiger partial charge in [0.15, 0.2) is 0 Å². The van der Waals surface area contributed by atoms with Crippen LogP contribution in [0.4, 0.5) is 0 Å². The van der Waals surface area contributed by atoms with E-state index in [2.05, 4.69) is 22.3 Å². The predicted octanol–water partition coefficient (Wildman–Crippen LogP) is 0.998. The van der Waals surface area contributed by atoms with Crippen LogP contribution < -0.4 is 0 Å². The zero-order valence-corrected chi connectivity index (χ0v) is 10.3. The zero-order chi connectivity index (χ0) is 12.8. The zero-order valence-electron chi connectivity index (χ0n) is 9.47. The molecule has 6 nitrogen and oxygen atoms in total. The summed E-state index contributed by atoms with van der Waals surface area (Å²) in [6.45, 7) is 3.51. The normalized spacial score (nSPS) is 9.53. The van der Waals surface area contributed by atoms with E-state index in [1.807, 2.05) is 5.16 Å². The third-order valence-electron chi connectivity index (χ3n) is 1.88. The standard InChI is InChI=1S/C10H11N3O3S/c1-7-5-9(10(15)11-6-17)13(12-7)3-4-16-8(2)14/h5H,3-4H2,1-2H3. The van der Waals surface area contributed by atoms with Gasteiger partial charge in [-0.25, -0.2) is 0 Å². The molecule has 0 atom stereocenters. The van der Waals surface area contributed by atoms with E-state index in [9.17, 15) is 9.59 Å². The Morgan fingerprint density at radius 3 is 2.94 bits per heavy atom. The lowest BCUT2D eigenvalue weighted by Gasteiger charge is -2.04. The number of aromatic nitrogens is 2. The average Bonchev–Trinajstić information content (AvgIpc) is 2.59.